The number of hydrogen-bond acceptors (Lipinski definition) is 3. The van der Waals surface area contributed by atoms with Crippen LogP contribution in [0.3, 0.4) is 0 Å². The lowest BCUT2D eigenvalue weighted by Gasteiger charge is -2.21. The van der Waals surface area contributed by atoms with Crippen molar-refractivity contribution >= 4 is 11.6 Å². The third kappa shape index (κ3) is 5.06. The van der Waals surface area contributed by atoms with E-state index in [4.69, 9.17) is 4.74 Å². The van der Waals surface area contributed by atoms with Crippen molar-refractivity contribution in [3.8, 4) is 5.75 Å². The Hall–Kier alpha value is -2.49. The summed E-state index contributed by atoms with van der Waals surface area (Å²) in [5.41, 5.74) is 5.09. The molecule has 0 heterocycles. The smallest absolute Gasteiger partial charge is 0.261 e. The van der Waals surface area contributed by atoms with E-state index in [0.717, 1.165) is 37.2 Å². The number of ether oxygens (including phenoxy) is 1. The Morgan fingerprint density at radius 3 is 2.39 bits per heavy atom. The molecule has 1 aliphatic carbocycles. The highest BCUT2D eigenvalue weighted by Gasteiger charge is 2.16. The van der Waals surface area contributed by atoms with Crippen LogP contribution in [0.2, 0.25) is 0 Å². The van der Waals surface area contributed by atoms with Gasteiger partial charge >= 0.3 is 0 Å². The molecule has 0 saturated heterocycles. The molecule has 0 aromatic heterocycles. The zero-order chi connectivity index (χ0) is 19.9. The number of carbonyl (C=O) groups excluding carboxylic acids is 1. The first-order valence-corrected chi connectivity index (χ1v) is 10.5. The molecular formula is C24H32N2O2. The monoisotopic (exact) mass is 380 g/mol. The van der Waals surface area contributed by atoms with Crippen molar-refractivity contribution in [1.82, 2.24) is 5.32 Å². The summed E-state index contributed by atoms with van der Waals surface area (Å²) in [5.74, 6) is 0.692. The third-order valence-electron chi connectivity index (χ3n) is 5.53. The molecule has 28 heavy (non-hydrogen) atoms. The van der Waals surface area contributed by atoms with Gasteiger partial charge in [-0.25, -0.2) is 0 Å². The lowest BCUT2D eigenvalue weighted by atomic mass is 9.92. The van der Waals surface area contributed by atoms with Crippen LogP contribution < -0.4 is 15.0 Å². The van der Waals surface area contributed by atoms with Gasteiger partial charge in [0.2, 0.25) is 0 Å². The van der Waals surface area contributed by atoms with Gasteiger partial charge in [-0.05, 0) is 87.4 Å². The fourth-order valence-corrected chi connectivity index (χ4v) is 3.79. The summed E-state index contributed by atoms with van der Waals surface area (Å²) < 4.78 is 5.89. The van der Waals surface area contributed by atoms with Crippen LogP contribution >= 0.6 is 0 Å². The predicted octanol–water partition coefficient (Wildman–Crippen LogP) is 4.50. The molecule has 2 aromatic rings. The van der Waals surface area contributed by atoms with Crippen LogP contribution in [0.5, 0.6) is 5.75 Å². The Bertz CT molecular complexity index is 782. The summed E-state index contributed by atoms with van der Waals surface area (Å²) in [6.45, 7) is 8.60. The van der Waals surface area contributed by atoms with E-state index < -0.39 is 6.10 Å². The first-order chi connectivity index (χ1) is 13.6. The maximum Gasteiger partial charge on any atom is 0.261 e. The molecule has 1 atom stereocenters. The molecule has 3 rings (SSSR count). The Balaban J connectivity index is 1.51. The molecule has 1 N–H and O–H groups in total. The second-order valence-electron chi connectivity index (χ2n) is 7.45. The number of anilines is 1. The molecular weight excluding hydrogens is 348 g/mol. The number of carbonyl (C=O) groups is 1. The van der Waals surface area contributed by atoms with Crippen LogP contribution in [0.4, 0.5) is 5.69 Å². The number of benzene rings is 2. The maximum atomic E-state index is 12.4. The van der Waals surface area contributed by atoms with Gasteiger partial charge < -0.3 is 15.0 Å². The Kier molecular flexibility index (Phi) is 6.96. The highest BCUT2D eigenvalue weighted by molar-refractivity contribution is 5.80. The molecule has 1 amide bonds. The zero-order valence-electron chi connectivity index (χ0n) is 17.3. The molecule has 0 aliphatic heterocycles. The van der Waals surface area contributed by atoms with E-state index in [2.05, 4.69) is 60.5 Å². The van der Waals surface area contributed by atoms with Crippen molar-refractivity contribution < 1.29 is 9.53 Å². The Labute approximate surface area is 168 Å². The summed E-state index contributed by atoms with van der Waals surface area (Å²) in [6.07, 6.45) is 4.24. The van der Waals surface area contributed by atoms with Crippen molar-refractivity contribution in [2.75, 3.05) is 18.0 Å². The van der Waals surface area contributed by atoms with E-state index in [0.29, 0.717) is 6.54 Å². The number of rotatable bonds is 8. The summed E-state index contributed by atoms with van der Waals surface area (Å²) in [4.78, 5) is 14.7. The highest BCUT2D eigenvalue weighted by atomic mass is 16.5. The maximum absolute atomic E-state index is 12.4. The summed E-state index contributed by atoms with van der Waals surface area (Å²) >= 11 is 0. The number of amides is 1. The minimum Gasteiger partial charge on any atom is -0.481 e. The largest absolute Gasteiger partial charge is 0.481 e. The summed E-state index contributed by atoms with van der Waals surface area (Å²) in [5, 5.41) is 2.98. The minimum atomic E-state index is -0.517. The SMILES string of the molecule is CCN(CC)c1ccc(CNC(=O)[C@@H](C)Oc2ccc3c(c2)CCCC3)cc1. The Morgan fingerprint density at radius 1 is 1.04 bits per heavy atom. The van der Waals surface area contributed by atoms with E-state index >= 15 is 0 Å². The van der Waals surface area contributed by atoms with E-state index in [1.165, 1.54) is 29.7 Å². The molecule has 0 saturated carbocycles. The first kappa shape index (κ1) is 20.2. The van der Waals surface area contributed by atoms with E-state index in [1.54, 1.807) is 6.92 Å². The first-order valence-electron chi connectivity index (χ1n) is 10.5. The van der Waals surface area contributed by atoms with E-state index in [-0.39, 0.29) is 5.91 Å². The second kappa shape index (κ2) is 9.63. The quantitative estimate of drug-likeness (QED) is 0.733. The van der Waals surface area contributed by atoms with Gasteiger partial charge in [-0.1, -0.05) is 18.2 Å². The molecule has 150 valence electrons. The van der Waals surface area contributed by atoms with Gasteiger partial charge in [0, 0.05) is 25.3 Å². The summed E-state index contributed by atoms with van der Waals surface area (Å²) in [6, 6.07) is 14.6. The fraction of sp³-hybridized carbons (Fsp3) is 0.458. The Morgan fingerprint density at radius 2 is 1.71 bits per heavy atom. The molecule has 0 bridgehead atoms. The zero-order valence-corrected chi connectivity index (χ0v) is 17.3. The van der Waals surface area contributed by atoms with Crippen molar-refractivity contribution in [2.24, 2.45) is 0 Å². The normalized spacial score (nSPS) is 14.1. The number of nitrogens with zero attached hydrogens (tertiary/aromatic N) is 1. The number of aryl methyl sites for hydroxylation is 2. The van der Waals surface area contributed by atoms with Crippen molar-refractivity contribution in [2.45, 2.75) is 59.1 Å². The van der Waals surface area contributed by atoms with Crippen LogP contribution in [-0.4, -0.2) is 25.1 Å². The lowest BCUT2D eigenvalue weighted by Crippen LogP contribution is -2.35. The van der Waals surface area contributed by atoms with Gasteiger partial charge in [-0.15, -0.1) is 0 Å². The van der Waals surface area contributed by atoms with E-state index in [1.807, 2.05) is 6.07 Å². The molecule has 0 unspecified atom stereocenters. The average molecular weight is 381 g/mol. The van der Waals surface area contributed by atoms with Crippen molar-refractivity contribution in [1.29, 1.82) is 0 Å². The van der Waals surface area contributed by atoms with Gasteiger partial charge in [0.05, 0.1) is 0 Å². The van der Waals surface area contributed by atoms with Crippen LogP contribution in [0.25, 0.3) is 0 Å². The van der Waals surface area contributed by atoms with Gasteiger partial charge in [0.1, 0.15) is 5.75 Å². The molecule has 4 heteroatoms. The fourth-order valence-electron chi connectivity index (χ4n) is 3.79. The molecule has 0 spiro atoms. The van der Waals surface area contributed by atoms with Crippen molar-refractivity contribution in [3.05, 3.63) is 59.2 Å². The van der Waals surface area contributed by atoms with Gasteiger partial charge in [0.25, 0.3) is 5.91 Å². The molecule has 4 nitrogen and oxygen atoms in total. The van der Waals surface area contributed by atoms with Crippen LogP contribution in [0.1, 0.15) is 50.3 Å². The average Bonchev–Trinajstić information content (AvgIpc) is 2.73. The van der Waals surface area contributed by atoms with Gasteiger partial charge in [0.15, 0.2) is 6.10 Å². The number of nitrogens with one attached hydrogen (secondary N) is 1. The molecule has 0 fully saturated rings. The third-order valence-corrected chi connectivity index (χ3v) is 5.53. The molecule has 0 radical (unpaired) electrons. The number of fused-ring (bicyclic) bond motifs is 1. The van der Waals surface area contributed by atoms with Gasteiger partial charge in [-0.2, -0.15) is 0 Å². The highest BCUT2D eigenvalue weighted by Crippen LogP contribution is 2.26. The van der Waals surface area contributed by atoms with Crippen LogP contribution in [-0.2, 0) is 24.2 Å². The lowest BCUT2D eigenvalue weighted by molar-refractivity contribution is -0.127. The van der Waals surface area contributed by atoms with Crippen LogP contribution in [0.15, 0.2) is 42.5 Å². The van der Waals surface area contributed by atoms with E-state index in [9.17, 15) is 4.79 Å². The minimum absolute atomic E-state index is 0.0921. The van der Waals surface area contributed by atoms with Crippen LogP contribution in [0, 0.1) is 0 Å². The predicted molar refractivity (Wildman–Crippen MR) is 115 cm³/mol. The second-order valence-corrected chi connectivity index (χ2v) is 7.45. The molecule has 1 aliphatic rings. The molecule has 2 aromatic carbocycles. The number of hydrogen-bond donors (Lipinski definition) is 1. The van der Waals surface area contributed by atoms with Crippen molar-refractivity contribution in [3.63, 3.8) is 0 Å². The van der Waals surface area contributed by atoms with Gasteiger partial charge in [-0.3, -0.25) is 4.79 Å². The summed E-state index contributed by atoms with van der Waals surface area (Å²) in [7, 11) is 0. The topological polar surface area (TPSA) is 41.6 Å². The standard InChI is InChI=1S/C24H32N2O2/c1-4-26(5-2)22-13-10-19(11-14-22)17-25-24(27)18(3)28-23-15-12-20-8-6-7-9-21(20)16-23/h10-16,18H,4-9,17H2,1-3H3,(H,25,27)/t18-/m1/s1.